The van der Waals surface area contributed by atoms with Crippen molar-refractivity contribution < 1.29 is 9.59 Å². The summed E-state index contributed by atoms with van der Waals surface area (Å²) < 4.78 is 0. The predicted molar refractivity (Wildman–Crippen MR) is 30.9 cm³/mol. The van der Waals surface area contributed by atoms with Crippen molar-refractivity contribution in [3.8, 4) is 0 Å². The molecule has 0 saturated carbocycles. The van der Waals surface area contributed by atoms with E-state index < -0.39 is 5.38 Å². The van der Waals surface area contributed by atoms with E-state index in [4.69, 9.17) is 11.6 Å². The molecule has 0 aromatic rings. The van der Waals surface area contributed by atoms with Gasteiger partial charge in [0.15, 0.2) is 0 Å². The van der Waals surface area contributed by atoms with Gasteiger partial charge in [0, 0.05) is 0 Å². The Morgan fingerprint density at radius 1 is 1.38 bits per heavy atom. The van der Waals surface area contributed by atoms with Crippen LogP contribution in [0.2, 0.25) is 0 Å². The molecule has 0 fully saturated rings. The molecule has 0 aliphatic carbocycles. The van der Waals surface area contributed by atoms with Crippen LogP contribution in [0.25, 0.3) is 0 Å². The van der Waals surface area contributed by atoms with E-state index in [-0.39, 0.29) is 0 Å². The van der Waals surface area contributed by atoms with Crippen molar-refractivity contribution in [2.75, 3.05) is 0 Å². The number of hydrogen-bond donors (Lipinski definition) is 0. The van der Waals surface area contributed by atoms with E-state index >= 15 is 0 Å². The second-order valence-corrected chi connectivity index (χ2v) is 1.61. The number of allylic oxidation sites excluding steroid dienone is 2. The molecule has 1 unspecified atom stereocenters. The number of carbonyl (C=O) groups excluding carboxylic acids is 2. The van der Waals surface area contributed by atoms with Crippen molar-refractivity contribution in [3.05, 3.63) is 12.2 Å². The van der Waals surface area contributed by atoms with Gasteiger partial charge >= 0.3 is 0 Å². The first kappa shape index (κ1) is 7.37. The minimum atomic E-state index is -0.666. The number of rotatable bonds is 3. The Hall–Kier alpha value is -0.630. The smallest absolute Gasteiger partial charge is 0.142 e. The zero-order valence-corrected chi connectivity index (χ0v) is 4.84. The fourth-order valence-corrected chi connectivity index (χ4v) is 0.281. The average Bonchev–Trinajstić information content (AvgIpc) is 1.83. The van der Waals surface area contributed by atoms with Gasteiger partial charge in [-0.3, -0.25) is 4.79 Å². The van der Waals surface area contributed by atoms with Crippen LogP contribution in [0.1, 0.15) is 0 Å². The zero-order chi connectivity index (χ0) is 6.41. The summed E-state index contributed by atoms with van der Waals surface area (Å²) in [6.07, 6.45) is 3.61. The number of carbonyl (C=O) groups is 2. The van der Waals surface area contributed by atoms with Gasteiger partial charge in [0.05, 0.1) is 0 Å². The highest BCUT2D eigenvalue weighted by atomic mass is 35.5. The van der Waals surface area contributed by atoms with Crippen LogP contribution < -0.4 is 0 Å². The Balaban J connectivity index is 3.50. The van der Waals surface area contributed by atoms with Gasteiger partial charge in [-0.15, -0.1) is 11.6 Å². The lowest BCUT2D eigenvalue weighted by molar-refractivity contribution is -0.106. The first-order chi connectivity index (χ1) is 3.81. The second kappa shape index (κ2) is 4.53. The Labute approximate surface area is 52.1 Å². The quantitative estimate of drug-likeness (QED) is 0.319. The van der Waals surface area contributed by atoms with Crippen molar-refractivity contribution in [1.82, 2.24) is 0 Å². The third kappa shape index (κ3) is 3.56. The highest BCUT2D eigenvalue weighted by Gasteiger charge is 1.90. The van der Waals surface area contributed by atoms with Crippen LogP contribution in [-0.4, -0.2) is 17.9 Å². The third-order valence-electron chi connectivity index (χ3n) is 0.504. The summed E-state index contributed by atoms with van der Waals surface area (Å²) in [7, 11) is 0. The average molecular weight is 133 g/mol. The van der Waals surface area contributed by atoms with E-state index in [0.717, 1.165) is 0 Å². The summed E-state index contributed by atoms with van der Waals surface area (Å²) in [5, 5.41) is -0.666. The van der Waals surface area contributed by atoms with Crippen molar-refractivity contribution in [1.29, 1.82) is 0 Å². The van der Waals surface area contributed by atoms with E-state index in [0.29, 0.717) is 12.6 Å². The molecule has 0 aromatic heterocycles. The van der Waals surface area contributed by atoms with Crippen molar-refractivity contribution in [2.45, 2.75) is 5.38 Å². The lowest BCUT2D eigenvalue weighted by Gasteiger charge is -1.83. The Morgan fingerprint density at radius 3 is 2.38 bits per heavy atom. The molecule has 0 bridgehead atoms. The van der Waals surface area contributed by atoms with Gasteiger partial charge in [-0.1, -0.05) is 6.08 Å². The standard InChI is InChI=1S/C5H5ClO2/c6-5(4-8)2-1-3-7/h1-5H/b2-1+. The Morgan fingerprint density at radius 2 is 2.00 bits per heavy atom. The number of hydrogen-bond acceptors (Lipinski definition) is 2. The van der Waals surface area contributed by atoms with Gasteiger partial charge in [-0.05, 0) is 6.08 Å². The van der Waals surface area contributed by atoms with Crippen LogP contribution >= 0.6 is 11.6 Å². The maximum absolute atomic E-state index is 9.71. The number of alkyl halides is 1. The number of aldehydes is 2. The third-order valence-corrected chi connectivity index (χ3v) is 0.752. The van der Waals surface area contributed by atoms with Gasteiger partial charge in [-0.25, -0.2) is 0 Å². The van der Waals surface area contributed by atoms with Crippen molar-refractivity contribution in [2.24, 2.45) is 0 Å². The SMILES string of the molecule is O=C/C=C/C(Cl)C=O. The van der Waals surface area contributed by atoms with E-state index in [1.54, 1.807) is 0 Å². The molecule has 44 valence electrons. The molecule has 0 aliphatic heterocycles. The van der Waals surface area contributed by atoms with Crippen LogP contribution in [0.4, 0.5) is 0 Å². The highest BCUT2D eigenvalue weighted by molar-refractivity contribution is 6.29. The van der Waals surface area contributed by atoms with E-state index in [2.05, 4.69) is 0 Å². The maximum Gasteiger partial charge on any atom is 0.142 e. The summed E-state index contributed by atoms with van der Waals surface area (Å²) in [5.74, 6) is 0. The lowest BCUT2D eigenvalue weighted by atomic mass is 10.4. The molecule has 0 aliphatic rings. The monoisotopic (exact) mass is 132 g/mol. The maximum atomic E-state index is 9.71. The van der Waals surface area contributed by atoms with Gasteiger partial charge < -0.3 is 4.79 Å². The van der Waals surface area contributed by atoms with Crippen LogP contribution in [0.15, 0.2) is 12.2 Å². The Bertz CT molecular complexity index is 109. The van der Waals surface area contributed by atoms with Crippen molar-refractivity contribution in [3.63, 3.8) is 0 Å². The molecule has 0 saturated heterocycles. The van der Waals surface area contributed by atoms with Gasteiger partial charge in [-0.2, -0.15) is 0 Å². The fourth-order valence-electron chi connectivity index (χ4n) is 0.197. The molecule has 1 atom stereocenters. The van der Waals surface area contributed by atoms with Crippen molar-refractivity contribution >= 4 is 24.2 Å². The largest absolute Gasteiger partial charge is 0.301 e. The molecule has 0 heterocycles. The highest BCUT2D eigenvalue weighted by Crippen LogP contribution is 1.90. The molecule has 0 radical (unpaired) electrons. The zero-order valence-electron chi connectivity index (χ0n) is 4.08. The molecule has 0 N–H and O–H groups in total. The lowest BCUT2D eigenvalue weighted by Crippen LogP contribution is -1.92. The van der Waals surface area contributed by atoms with Crippen LogP contribution in [-0.2, 0) is 9.59 Å². The molecule has 0 aromatic carbocycles. The van der Waals surface area contributed by atoms with Crippen LogP contribution in [0.3, 0.4) is 0 Å². The van der Waals surface area contributed by atoms with Gasteiger partial charge in [0.2, 0.25) is 0 Å². The van der Waals surface area contributed by atoms with Gasteiger partial charge in [0.25, 0.3) is 0 Å². The molecule has 2 nitrogen and oxygen atoms in total. The van der Waals surface area contributed by atoms with Crippen LogP contribution in [0, 0.1) is 0 Å². The molecule has 0 spiro atoms. The summed E-state index contributed by atoms with van der Waals surface area (Å²) in [6.45, 7) is 0. The summed E-state index contributed by atoms with van der Waals surface area (Å²) in [5.41, 5.74) is 0. The minimum absolute atomic E-state index is 0.543. The first-order valence-electron chi connectivity index (χ1n) is 2.02. The summed E-state index contributed by atoms with van der Waals surface area (Å²) in [4.78, 5) is 19.3. The van der Waals surface area contributed by atoms with Crippen LogP contribution in [0.5, 0.6) is 0 Å². The van der Waals surface area contributed by atoms with E-state index in [1.165, 1.54) is 12.2 Å². The first-order valence-corrected chi connectivity index (χ1v) is 2.46. The molecule has 0 amide bonds. The molecule has 0 rings (SSSR count). The van der Waals surface area contributed by atoms with Gasteiger partial charge in [0.1, 0.15) is 17.9 Å². The second-order valence-electron chi connectivity index (χ2n) is 1.10. The fraction of sp³-hybridized carbons (Fsp3) is 0.200. The predicted octanol–water partition coefficient (Wildman–Crippen LogP) is 0.548. The molecule has 3 heteroatoms. The minimum Gasteiger partial charge on any atom is -0.301 e. The Kier molecular flexibility index (Phi) is 4.17. The topological polar surface area (TPSA) is 34.1 Å². The normalized spacial score (nSPS) is 13.6. The number of halogens is 1. The van der Waals surface area contributed by atoms with E-state index in [9.17, 15) is 9.59 Å². The molecular formula is C5H5ClO2. The van der Waals surface area contributed by atoms with E-state index in [1.807, 2.05) is 0 Å². The molecular weight excluding hydrogens is 128 g/mol. The summed E-state index contributed by atoms with van der Waals surface area (Å²) >= 11 is 5.23. The molecule has 8 heavy (non-hydrogen) atoms. The summed E-state index contributed by atoms with van der Waals surface area (Å²) in [6, 6.07) is 0.